The van der Waals surface area contributed by atoms with Gasteiger partial charge in [-0.05, 0) is 6.54 Å². The standard InChI is InChI=1S/C4H6N.Rb/c1-2-4-5-3-1;/h1,5H,3-4H2;/q-1;+1. The number of nitrogens with one attached hydrogen (secondary N) is 1. The Morgan fingerprint density at radius 2 is 2.50 bits per heavy atom. The molecule has 1 nitrogen and oxygen atoms in total. The molecule has 1 aliphatic rings. The van der Waals surface area contributed by atoms with E-state index in [9.17, 15) is 0 Å². The van der Waals surface area contributed by atoms with Crippen LogP contribution in [0.4, 0.5) is 0 Å². The van der Waals surface area contributed by atoms with Crippen molar-refractivity contribution in [3.8, 4) is 0 Å². The van der Waals surface area contributed by atoms with E-state index in [4.69, 9.17) is 0 Å². The van der Waals surface area contributed by atoms with E-state index in [0.29, 0.717) is 0 Å². The minimum atomic E-state index is 0. The van der Waals surface area contributed by atoms with Crippen molar-refractivity contribution in [2.75, 3.05) is 13.1 Å². The normalized spacial score (nSPS) is 17.3. The van der Waals surface area contributed by atoms with Crippen molar-refractivity contribution in [2.24, 2.45) is 0 Å². The van der Waals surface area contributed by atoms with Crippen LogP contribution in [0.3, 0.4) is 0 Å². The fourth-order valence-corrected chi connectivity index (χ4v) is 0.361. The molecule has 0 aromatic heterocycles. The largest absolute Gasteiger partial charge is 1.00 e. The fourth-order valence-electron chi connectivity index (χ4n) is 0.361. The van der Waals surface area contributed by atoms with Crippen LogP contribution in [-0.4, -0.2) is 13.1 Å². The van der Waals surface area contributed by atoms with Crippen molar-refractivity contribution in [1.29, 1.82) is 0 Å². The minimum absolute atomic E-state index is 0. The molecule has 0 aromatic rings. The molecule has 0 saturated heterocycles. The first-order valence-electron chi connectivity index (χ1n) is 1.76. The van der Waals surface area contributed by atoms with Crippen molar-refractivity contribution >= 4 is 0 Å². The van der Waals surface area contributed by atoms with E-state index in [1.54, 1.807) is 0 Å². The van der Waals surface area contributed by atoms with Crippen LogP contribution in [0.25, 0.3) is 0 Å². The average Bonchev–Trinajstić information content (AvgIpc) is 1.76. The van der Waals surface area contributed by atoms with Gasteiger partial charge < -0.3 is 11.4 Å². The molecule has 6 heavy (non-hydrogen) atoms. The molecule has 28 valence electrons. The zero-order valence-corrected chi connectivity index (χ0v) is 8.91. The third-order valence-corrected chi connectivity index (χ3v) is 0.618. The number of hydrogen-bond acceptors (Lipinski definition) is 1. The van der Waals surface area contributed by atoms with Crippen LogP contribution >= 0.6 is 0 Å². The van der Waals surface area contributed by atoms with Crippen LogP contribution < -0.4 is 63.5 Å². The van der Waals surface area contributed by atoms with Crippen LogP contribution in [0.2, 0.25) is 0 Å². The van der Waals surface area contributed by atoms with Gasteiger partial charge in [-0.1, -0.05) is 0 Å². The van der Waals surface area contributed by atoms with E-state index in [2.05, 4.69) is 11.4 Å². The van der Waals surface area contributed by atoms with Crippen molar-refractivity contribution in [3.63, 3.8) is 0 Å². The maximum absolute atomic E-state index is 3.06. The van der Waals surface area contributed by atoms with E-state index < -0.39 is 0 Å². The van der Waals surface area contributed by atoms with Gasteiger partial charge >= 0.3 is 58.2 Å². The molecule has 2 heteroatoms. The van der Waals surface area contributed by atoms with Gasteiger partial charge in [0.25, 0.3) is 0 Å². The second kappa shape index (κ2) is 4.66. The van der Waals surface area contributed by atoms with Crippen LogP contribution in [0.15, 0.2) is 6.08 Å². The van der Waals surface area contributed by atoms with E-state index in [1.165, 1.54) is 0 Å². The van der Waals surface area contributed by atoms with E-state index in [1.807, 2.05) is 6.08 Å². The Kier molecular flexibility index (Phi) is 5.83. The Labute approximate surface area is 87.0 Å². The molecule has 0 unspecified atom stereocenters. The van der Waals surface area contributed by atoms with Crippen LogP contribution in [0.5, 0.6) is 0 Å². The van der Waals surface area contributed by atoms with Gasteiger partial charge in [0.1, 0.15) is 0 Å². The summed E-state index contributed by atoms with van der Waals surface area (Å²) in [5, 5.41) is 3.06. The van der Waals surface area contributed by atoms with E-state index in [-0.39, 0.29) is 58.2 Å². The quantitative estimate of drug-likeness (QED) is 0.365. The van der Waals surface area contributed by atoms with Crippen LogP contribution in [0, 0.1) is 6.08 Å². The monoisotopic (exact) mass is 153 g/mol. The van der Waals surface area contributed by atoms with Gasteiger partial charge in [-0.2, -0.15) is 0 Å². The molecule has 1 rings (SSSR count). The first-order chi connectivity index (χ1) is 2.50. The summed E-state index contributed by atoms with van der Waals surface area (Å²) in [7, 11) is 0. The predicted octanol–water partition coefficient (Wildman–Crippen LogP) is -3.05. The molecule has 1 aliphatic heterocycles. The summed E-state index contributed by atoms with van der Waals surface area (Å²) in [4.78, 5) is 0. The molecule has 0 radical (unpaired) electrons. The SMILES string of the molecule is [C-]1=CCNC1.[Rb+]. The third-order valence-electron chi connectivity index (χ3n) is 0.618. The van der Waals surface area contributed by atoms with Crippen LogP contribution in [-0.2, 0) is 0 Å². The summed E-state index contributed by atoms with van der Waals surface area (Å²) in [5.74, 6) is 0. The van der Waals surface area contributed by atoms with Gasteiger partial charge in [0.15, 0.2) is 0 Å². The summed E-state index contributed by atoms with van der Waals surface area (Å²) < 4.78 is 0. The molecule has 0 aliphatic carbocycles. The summed E-state index contributed by atoms with van der Waals surface area (Å²) in [6.07, 6.45) is 4.99. The maximum Gasteiger partial charge on any atom is 1.00 e. The first kappa shape index (κ1) is 7.51. The minimum Gasteiger partial charge on any atom is -0.485 e. The van der Waals surface area contributed by atoms with Gasteiger partial charge in [-0.25, -0.2) is 0 Å². The number of hydrogen-bond donors (Lipinski definition) is 1. The predicted molar refractivity (Wildman–Crippen MR) is 20.7 cm³/mol. The molecule has 0 spiro atoms. The average molecular weight is 154 g/mol. The second-order valence-electron chi connectivity index (χ2n) is 1.04. The Hall–Kier alpha value is 1.51. The molecular weight excluding hydrogens is 148 g/mol. The molecule has 0 saturated carbocycles. The molecule has 0 atom stereocenters. The van der Waals surface area contributed by atoms with Gasteiger partial charge in [0.05, 0.1) is 0 Å². The molecule has 0 aromatic carbocycles. The molecule has 0 bridgehead atoms. The summed E-state index contributed by atoms with van der Waals surface area (Å²) in [6.45, 7) is 1.96. The summed E-state index contributed by atoms with van der Waals surface area (Å²) in [6, 6.07) is 0. The van der Waals surface area contributed by atoms with E-state index >= 15 is 0 Å². The first-order valence-corrected chi connectivity index (χ1v) is 1.76. The summed E-state index contributed by atoms with van der Waals surface area (Å²) in [5.41, 5.74) is 0. The smallest absolute Gasteiger partial charge is 0.485 e. The molecule has 1 N–H and O–H groups in total. The molecule has 1 heterocycles. The zero-order chi connectivity index (χ0) is 3.54. The van der Waals surface area contributed by atoms with E-state index in [0.717, 1.165) is 13.1 Å². The maximum atomic E-state index is 3.06. The Morgan fingerprint density at radius 3 is 2.67 bits per heavy atom. The topological polar surface area (TPSA) is 12.0 Å². The fraction of sp³-hybridized carbons (Fsp3) is 0.500. The Bertz CT molecular complexity index is 45.5. The Balaban J connectivity index is 0.000000250. The van der Waals surface area contributed by atoms with Crippen molar-refractivity contribution in [2.45, 2.75) is 0 Å². The van der Waals surface area contributed by atoms with Gasteiger partial charge in [0, 0.05) is 0 Å². The molecule has 0 fully saturated rings. The second-order valence-corrected chi connectivity index (χ2v) is 1.04. The molecule has 0 amide bonds. The van der Waals surface area contributed by atoms with Gasteiger partial charge in [-0.3, -0.25) is 6.08 Å². The van der Waals surface area contributed by atoms with Crippen molar-refractivity contribution in [1.82, 2.24) is 5.32 Å². The van der Waals surface area contributed by atoms with Gasteiger partial charge in [0.2, 0.25) is 0 Å². The number of rotatable bonds is 0. The van der Waals surface area contributed by atoms with Gasteiger partial charge in [-0.15, -0.1) is 6.54 Å². The van der Waals surface area contributed by atoms with Crippen LogP contribution in [0.1, 0.15) is 0 Å². The summed E-state index contributed by atoms with van der Waals surface area (Å²) >= 11 is 0. The van der Waals surface area contributed by atoms with Crippen molar-refractivity contribution < 1.29 is 58.2 Å². The molecular formula is C4H6NRb. The third kappa shape index (κ3) is 2.64. The van der Waals surface area contributed by atoms with Crippen molar-refractivity contribution in [3.05, 3.63) is 12.2 Å². The Morgan fingerprint density at radius 1 is 1.67 bits per heavy atom. The zero-order valence-electron chi connectivity index (χ0n) is 3.99.